The quantitative estimate of drug-likeness (QED) is 0.466. The van der Waals surface area contributed by atoms with Gasteiger partial charge in [0, 0.05) is 6.54 Å². The highest BCUT2D eigenvalue weighted by molar-refractivity contribution is 6.26. The van der Waals surface area contributed by atoms with Crippen LogP contribution in [-0.2, 0) is 6.54 Å². The van der Waals surface area contributed by atoms with E-state index >= 15 is 0 Å². The average Bonchev–Trinajstić information content (AvgIpc) is 3.30. The molecule has 9 nitrogen and oxygen atoms in total. The summed E-state index contributed by atoms with van der Waals surface area (Å²) in [6, 6.07) is 5.41. The smallest absolute Gasteiger partial charge is 0.262 e. The van der Waals surface area contributed by atoms with E-state index in [0.717, 1.165) is 5.56 Å². The molecule has 0 aliphatic carbocycles. The van der Waals surface area contributed by atoms with Gasteiger partial charge in [0.2, 0.25) is 6.79 Å². The number of aromatic hydroxyl groups is 2. The number of carbonyl (C=O) groups excluding carboxylic acids is 2. The molecule has 3 N–H and O–H groups in total. The Morgan fingerprint density at radius 1 is 1.08 bits per heavy atom. The average molecular weight is 353 g/mol. The molecule has 2 amide bonds. The van der Waals surface area contributed by atoms with Crippen LogP contribution in [0.5, 0.6) is 23.0 Å². The molecule has 130 valence electrons. The third kappa shape index (κ3) is 1.82. The number of imidazole rings is 1. The Balaban J connectivity index is 1.66. The Labute approximate surface area is 145 Å². The molecule has 2 aromatic carbocycles. The number of nitrogens with zero attached hydrogens (tertiary/aromatic N) is 2. The molecule has 0 fully saturated rings. The molecule has 0 atom stereocenters. The van der Waals surface area contributed by atoms with Gasteiger partial charge >= 0.3 is 0 Å². The Hall–Kier alpha value is -3.75. The minimum atomic E-state index is -0.759. The number of ether oxygens (including phenoxy) is 2. The maximum atomic E-state index is 11.9. The highest BCUT2D eigenvalue weighted by atomic mass is 16.7. The monoisotopic (exact) mass is 353 g/mol. The van der Waals surface area contributed by atoms with E-state index < -0.39 is 23.3 Å². The van der Waals surface area contributed by atoms with Crippen LogP contribution in [0.25, 0.3) is 11.0 Å². The Morgan fingerprint density at radius 3 is 2.62 bits per heavy atom. The van der Waals surface area contributed by atoms with Crippen molar-refractivity contribution in [1.82, 2.24) is 14.9 Å². The topological polar surface area (TPSA) is 123 Å². The number of hydrogen-bond donors (Lipinski definition) is 3. The Kier molecular flexibility index (Phi) is 2.74. The van der Waals surface area contributed by atoms with Gasteiger partial charge in [-0.15, -0.1) is 0 Å². The van der Waals surface area contributed by atoms with Crippen molar-refractivity contribution in [3.63, 3.8) is 0 Å². The number of carbonyl (C=O) groups is 2. The standard InChI is InChI=1S/C17H11N3O6/c21-14-10-11(17(24)19-16(10)23)15(22)13-12(14)18-5-20(13)4-7-1-2-8-9(3-7)26-6-25-8/h1-3,5,21-22H,4,6H2,(H,19,23,24). The lowest BCUT2D eigenvalue weighted by atomic mass is 10.1. The van der Waals surface area contributed by atoms with E-state index in [2.05, 4.69) is 10.3 Å². The summed E-state index contributed by atoms with van der Waals surface area (Å²) in [7, 11) is 0. The lowest BCUT2D eigenvalue weighted by Crippen LogP contribution is -2.20. The molecule has 0 unspecified atom stereocenters. The number of fused-ring (bicyclic) bond motifs is 3. The van der Waals surface area contributed by atoms with Gasteiger partial charge in [0.1, 0.15) is 22.2 Å². The third-order valence-electron chi connectivity index (χ3n) is 4.48. The third-order valence-corrected chi connectivity index (χ3v) is 4.48. The molecule has 5 rings (SSSR count). The normalized spacial score (nSPS) is 14.8. The predicted octanol–water partition coefficient (Wildman–Crippen LogP) is 1.11. The van der Waals surface area contributed by atoms with Crippen LogP contribution in [0.1, 0.15) is 26.3 Å². The maximum Gasteiger partial charge on any atom is 0.262 e. The zero-order valence-electron chi connectivity index (χ0n) is 13.1. The molecule has 0 spiro atoms. The molecular weight excluding hydrogens is 342 g/mol. The van der Waals surface area contributed by atoms with Crippen molar-refractivity contribution in [2.24, 2.45) is 0 Å². The van der Waals surface area contributed by atoms with Crippen LogP contribution in [0.15, 0.2) is 24.5 Å². The Morgan fingerprint density at radius 2 is 1.81 bits per heavy atom. The second kappa shape index (κ2) is 4.88. The van der Waals surface area contributed by atoms with Gasteiger partial charge in [-0.25, -0.2) is 4.98 Å². The van der Waals surface area contributed by atoms with Gasteiger partial charge < -0.3 is 24.3 Å². The summed E-state index contributed by atoms with van der Waals surface area (Å²) in [6.45, 7) is 0.464. The molecule has 0 radical (unpaired) electrons. The molecule has 2 aliphatic heterocycles. The Bertz CT molecular complexity index is 1130. The van der Waals surface area contributed by atoms with E-state index in [1.807, 2.05) is 6.07 Å². The van der Waals surface area contributed by atoms with Crippen molar-refractivity contribution in [3.8, 4) is 23.0 Å². The number of amides is 2. The fourth-order valence-corrected chi connectivity index (χ4v) is 3.30. The van der Waals surface area contributed by atoms with Crippen molar-refractivity contribution < 1.29 is 29.3 Å². The molecular formula is C17H11N3O6. The molecule has 9 heteroatoms. The fraction of sp³-hybridized carbons (Fsp3) is 0.118. The van der Waals surface area contributed by atoms with Crippen LogP contribution in [0.4, 0.5) is 0 Å². The first kappa shape index (κ1) is 14.6. The number of nitrogens with one attached hydrogen (secondary N) is 1. The largest absolute Gasteiger partial charge is 0.505 e. The lowest BCUT2D eigenvalue weighted by Gasteiger charge is -2.09. The summed E-state index contributed by atoms with van der Waals surface area (Å²) in [5.74, 6) is -1.07. The minimum Gasteiger partial charge on any atom is -0.505 e. The highest BCUT2D eigenvalue weighted by Crippen LogP contribution is 2.41. The summed E-state index contributed by atoms with van der Waals surface area (Å²) in [5.41, 5.74) is 0.560. The first-order chi connectivity index (χ1) is 12.5. The summed E-state index contributed by atoms with van der Waals surface area (Å²) in [6.07, 6.45) is 1.42. The van der Waals surface area contributed by atoms with Crippen LogP contribution >= 0.6 is 0 Å². The van der Waals surface area contributed by atoms with Crippen LogP contribution in [0.2, 0.25) is 0 Å². The van der Waals surface area contributed by atoms with Crippen LogP contribution in [0.3, 0.4) is 0 Å². The zero-order chi connectivity index (χ0) is 18.0. The van der Waals surface area contributed by atoms with Gasteiger partial charge in [-0.1, -0.05) is 6.07 Å². The molecule has 0 saturated heterocycles. The van der Waals surface area contributed by atoms with Crippen molar-refractivity contribution in [2.45, 2.75) is 6.54 Å². The number of hydrogen-bond acceptors (Lipinski definition) is 7. The van der Waals surface area contributed by atoms with Gasteiger partial charge in [-0.05, 0) is 17.7 Å². The van der Waals surface area contributed by atoms with Gasteiger partial charge in [0.25, 0.3) is 11.8 Å². The van der Waals surface area contributed by atoms with E-state index in [4.69, 9.17) is 9.47 Å². The van der Waals surface area contributed by atoms with Crippen molar-refractivity contribution >= 4 is 22.8 Å². The molecule has 2 aliphatic rings. The summed E-state index contributed by atoms with van der Waals surface area (Å²) < 4.78 is 12.2. The summed E-state index contributed by atoms with van der Waals surface area (Å²) in [4.78, 5) is 27.9. The van der Waals surface area contributed by atoms with Crippen LogP contribution in [0, 0.1) is 0 Å². The number of phenols is 2. The summed E-state index contributed by atoms with van der Waals surface area (Å²) >= 11 is 0. The van der Waals surface area contributed by atoms with Crippen molar-refractivity contribution in [1.29, 1.82) is 0 Å². The second-order valence-electron chi connectivity index (χ2n) is 5.99. The number of phenolic OH excluding ortho intramolecular Hbond substituents is 2. The molecule has 3 heterocycles. The molecule has 1 aromatic heterocycles. The second-order valence-corrected chi connectivity index (χ2v) is 5.99. The maximum absolute atomic E-state index is 11.9. The van der Waals surface area contributed by atoms with Crippen molar-refractivity contribution in [3.05, 3.63) is 41.2 Å². The zero-order valence-corrected chi connectivity index (χ0v) is 13.1. The van der Waals surface area contributed by atoms with Gasteiger partial charge in [0.05, 0.1) is 6.33 Å². The minimum absolute atomic E-state index is 0.0480. The van der Waals surface area contributed by atoms with Gasteiger partial charge in [-0.2, -0.15) is 0 Å². The molecule has 3 aromatic rings. The van der Waals surface area contributed by atoms with Crippen LogP contribution in [-0.4, -0.2) is 38.4 Å². The van der Waals surface area contributed by atoms with E-state index in [9.17, 15) is 19.8 Å². The fourth-order valence-electron chi connectivity index (χ4n) is 3.30. The number of imide groups is 1. The number of aromatic nitrogens is 2. The van der Waals surface area contributed by atoms with E-state index in [0.29, 0.717) is 18.0 Å². The van der Waals surface area contributed by atoms with Crippen molar-refractivity contribution in [2.75, 3.05) is 6.79 Å². The first-order valence-corrected chi connectivity index (χ1v) is 7.71. The first-order valence-electron chi connectivity index (χ1n) is 7.71. The molecule has 26 heavy (non-hydrogen) atoms. The van der Waals surface area contributed by atoms with E-state index in [1.165, 1.54) is 6.33 Å². The highest BCUT2D eigenvalue weighted by Gasteiger charge is 2.36. The molecule has 0 saturated carbocycles. The SMILES string of the molecule is O=C1NC(=O)c2c1c(O)c1ncn(Cc3ccc4c(c3)OCO4)c1c2O. The predicted molar refractivity (Wildman–Crippen MR) is 86.5 cm³/mol. The van der Waals surface area contributed by atoms with Gasteiger partial charge in [0.15, 0.2) is 23.0 Å². The lowest BCUT2D eigenvalue weighted by molar-refractivity contribution is 0.0878. The number of benzene rings is 2. The summed E-state index contributed by atoms with van der Waals surface area (Å²) in [5, 5.41) is 23.0. The number of rotatable bonds is 2. The van der Waals surface area contributed by atoms with E-state index in [-0.39, 0.29) is 29.0 Å². The molecule has 0 bridgehead atoms. The van der Waals surface area contributed by atoms with E-state index in [1.54, 1.807) is 16.7 Å². The van der Waals surface area contributed by atoms with Crippen LogP contribution < -0.4 is 14.8 Å². The van der Waals surface area contributed by atoms with Gasteiger partial charge in [-0.3, -0.25) is 14.9 Å².